The van der Waals surface area contributed by atoms with Gasteiger partial charge in [0, 0.05) is 0 Å². The Balaban J connectivity index is 3.76. The lowest BCUT2D eigenvalue weighted by molar-refractivity contribution is -0.156. The fourth-order valence-corrected chi connectivity index (χ4v) is 1.00. The SMILES string of the molecule is CCCCCCOC(=O)C(F)C(=O)C(F)F. The van der Waals surface area contributed by atoms with Gasteiger partial charge in [-0.15, -0.1) is 0 Å². The molecule has 0 spiro atoms. The fourth-order valence-electron chi connectivity index (χ4n) is 1.00. The topological polar surface area (TPSA) is 43.4 Å². The number of hydrogen-bond acceptors (Lipinski definition) is 3. The van der Waals surface area contributed by atoms with Gasteiger partial charge in [-0.2, -0.15) is 0 Å². The molecule has 0 aliphatic carbocycles. The number of alkyl halides is 3. The molecule has 0 heterocycles. The number of Topliss-reactive ketones (excluding diaryl/α,β-unsaturated/α-hetero) is 1. The Bertz CT molecular complexity index is 231. The van der Waals surface area contributed by atoms with Gasteiger partial charge in [0.05, 0.1) is 6.61 Å². The van der Waals surface area contributed by atoms with Crippen molar-refractivity contribution < 1.29 is 27.5 Å². The lowest BCUT2D eigenvalue weighted by atomic mass is 10.2. The molecule has 0 saturated heterocycles. The first kappa shape index (κ1) is 14.9. The van der Waals surface area contributed by atoms with E-state index in [2.05, 4.69) is 4.74 Å². The maximum absolute atomic E-state index is 12.7. The molecule has 0 amide bonds. The van der Waals surface area contributed by atoms with E-state index >= 15 is 0 Å². The van der Waals surface area contributed by atoms with Gasteiger partial charge in [0.1, 0.15) is 0 Å². The summed E-state index contributed by atoms with van der Waals surface area (Å²) < 4.78 is 40.5. The molecule has 16 heavy (non-hydrogen) atoms. The average Bonchev–Trinajstić information content (AvgIpc) is 2.26. The van der Waals surface area contributed by atoms with Gasteiger partial charge in [-0.1, -0.05) is 26.2 Å². The van der Waals surface area contributed by atoms with E-state index in [-0.39, 0.29) is 6.61 Å². The number of carbonyl (C=O) groups excluding carboxylic acids is 2. The molecule has 1 unspecified atom stereocenters. The number of unbranched alkanes of at least 4 members (excludes halogenated alkanes) is 3. The average molecular weight is 240 g/mol. The zero-order valence-corrected chi connectivity index (χ0v) is 9.05. The van der Waals surface area contributed by atoms with Crippen molar-refractivity contribution in [2.24, 2.45) is 0 Å². The molecule has 1 atom stereocenters. The Morgan fingerprint density at radius 3 is 2.25 bits per heavy atom. The zero-order chi connectivity index (χ0) is 12.6. The highest BCUT2D eigenvalue weighted by Crippen LogP contribution is 2.06. The van der Waals surface area contributed by atoms with Gasteiger partial charge in [-0.3, -0.25) is 4.79 Å². The Morgan fingerprint density at radius 2 is 1.75 bits per heavy atom. The molecule has 0 radical (unpaired) electrons. The lowest BCUT2D eigenvalue weighted by Gasteiger charge is -2.07. The fraction of sp³-hybridized carbons (Fsp3) is 0.800. The van der Waals surface area contributed by atoms with Gasteiger partial charge >= 0.3 is 5.97 Å². The lowest BCUT2D eigenvalue weighted by Crippen LogP contribution is -2.32. The number of ether oxygens (including phenoxy) is 1. The Morgan fingerprint density at radius 1 is 1.12 bits per heavy atom. The highest BCUT2D eigenvalue weighted by atomic mass is 19.3. The highest BCUT2D eigenvalue weighted by Gasteiger charge is 2.33. The summed E-state index contributed by atoms with van der Waals surface area (Å²) in [6.45, 7) is 1.95. The maximum atomic E-state index is 12.7. The third-order valence-corrected chi connectivity index (χ3v) is 1.91. The van der Waals surface area contributed by atoms with Crippen molar-refractivity contribution in [3.63, 3.8) is 0 Å². The van der Waals surface area contributed by atoms with Crippen molar-refractivity contribution in [2.75, 3.05) is 6.61 Å². The van der Waals surface area contributed by atoms with Crippen molar-refractivity contribution in [1.29, 1.82) is 0 Å². The van der Waals surface area contributed by atoms with Crippen LogP contribution in [0.3, 0.4) is 0 Å². The number of rotatable bonds is 8. The summed E-state index contributed by atoms with van der Waals surface area (Å²) in [6, 6.07) is 0. The Labute approximate surface area is 92.0 Å². The summed E-state index contributed by atoms with van der Waals surface area (Å²) in [5.74, 6) is -3.57. The van der Waals surface area contributed by atoms with Crippen molar-refractivity contribution in [3.8, 4) is 0 Å². The third kappa shape index (κ3) is 5.72. The molecule has 0 aliphatic heterocycles. The summed E-state index contributed by atoms with van der Waals surface area (Å²) >= 11 is 0. The van der Waals surface area contributed by atoms with Gasteiger partial charge in [0.25, 0.3) is 12.6 Å². The van der Waals surface area contributed by atoms with E-state index in [9.17, 15) is 22.8 Å². The van der Waals surface area contributed by atoms with E-state index in [1.807, 2.05) is 6.92 Å². The van der Waals surface area contributed by atoms with E-state index in [1.54, 1.807) is 0 Å². The van der Waals surface area contributed by atoms with E-state index in [0.29, 0.717) is 6.42 Å². The maximum Gasteiger partial charge on any atom is 0.348 e. The Hall–Kier alpha value is -1.07. The van der Waals surface area contributed by atoms with Crippen LogP contribution in [0.2, 0.25) is 0 Å². The summed E-state index contributed by atoms with van der Waals surface area (Å²) in [6.07, 6.45) is -3.07. The third-order valence-electron chi connectivity index (χ3n) is 1.91. The monoisotopic (exact) mass is 240 g/mol. The second kappa shape index (κ2) is 8.13. The van der Waals surface area contributed by atoms with Crippen molar-refractivity contribution in [1.82, 2.24) is 0 Å². The number of ketones is 1. The largest absolute Gasteiger partial charge is 0.463 e. The molecule has 0 aromatic carbocycles. The molecule has 94 valence electrons. The van der Waals surface area contributed by atoms with E-state index < -0.39 is 24.3 Å². The molecular weight excluding hydrogens is 225 g/mol. The molecule has 0 fully saturated rings. The molecule has 0 bridgehead atoms. The summed E-state index contributed by atoms with van der Waals surface area (Å²) in [5.41, 5.74) is 0. The van der Waals surface area contributed by atoms with Gasteiger partial charge in [-0.05, 0) is 6.42 Å². The number of esters is 1. The first-order valence-electron chi connectivity index (χ1n) is 5.13. The van der Waals surface area contributed by atoms with Crippen LogP contribution in [0.15, 0.2) is 0 Å². The molecule has 6 heteroatoms. The normalized spacial score (nSPS) is 12.6. The number of carbonyl (C=O) groups is 2. The summed E-state index contributed by atoms with van der Waals surface area (Å²) in [7, 11) is 0. The van der Waals surface area contributed by atoms with Crippen molar-refractivity contribution in [2.45, 2.75) is 45.2 Å². The van der Waals surface area contributed by atoms with Crippen LogP contribution in [-0.2, 0) is 14.3 Å². The van der Waals surface area contributed by atoms with Crippen molar-refractivity contribution >= 4 is 11.8 Å². The summed E-state index contributed by atoms with van der Waals surface area (Å²) in [5, 5.41) is 0. The molecule has 0 aromatic heterocycles. The van der Waals surface area contributed by atoms with Crippen molar-refractivity contribution in [3.05, 3.63) is 0 Å². The van der Waals surface area contributed by atoms with Gasteiger partial charge in [0.2, 0.25) is 5.78 Å². The Kier molecular flexibility index (Phi) is 7.58. The van der Waals surface area contributed by atoms with Crippen LogP contribution in [0.25, 0.3) is 0 Å². The van der Waals surface area contributed by atoms with Crippen LogP contribution < -0.4 is 0 Å². The van der Waals surface area contributed by atoms with E-state index in [1.165, 1.54) is 0 Å². The minimum Gasteiger partial charge on any atom is -0.463 e. The molecule has 0 rings (SSSR count). The van der Waals surface area contributed by atoms with Crippen LogP contribution in [-0.4, -0.2) is 31.0 Å². The van der Waals surface area contributed by atoms with Gasteiger partial charge in [0.15, 0.2) is 0 Å². The van der Waals surface area contributed by atoms with Crippen LogP contribution >= 0.6 is 0 Å². The van der Waals surface area contributed by atoms with Crippen LogP contribution in [0.5, 0.6) is 0 Å². The zero-order valence-electron chi connectivity index (χ0n) is 9.05. The second-order valence-corrected chi connectivity index (χ2v) is 3.29. The molecule has 0 saturated carbocycles. The minimum absolute atomic E-state index is 0.0459. The smallest absolute Gasteiger partial charge is 0.348 e. The van der Waals surface area contributed by atoms with E-state index in [0.717, 1.165) is 19.3 Å². The number of hydrogen-bond donors (Lipinski definition) is 0. The van der Waals surface area contributed by atoms with Crippen LogP contribution in [0.1, 0.15) is 32.6 Å². The highest BCUT2D eigenvalue weighted by molar-refractivity contribution is 6.03. The standard InChI is InChI=1S/C10H15F3O3/c1-2-3-4-5-6-16-10(15)7(11)8(14)9(12)13/h7,9H,2-6H2,1H3. The molecule has 0 aromatic rings. The van der Waals surface area contributed by atoms with Crippen LogP contribution in [0.4, 0.5) is 13.2 Å². The minimum atomic E-state index is -3.48. The van der Waals surface area contributed by atoms with Gasteiger partial charge in [-0.25, -0.2) is 18.0 Å². The molecule has 0 N–H and O–H groups in total. The first-order chi connectivity index (χ1) is 7.50. The molecule has 3 nitrogen and oxygen atoms in total. The molecular formula is C10H15F3O3. The quantitative estimate of drug-likeness (QED) is 0.371. The second-order valence-electron chi connectivity index (χ2n) is 3.29. The first-order valence-corrected chi connectivity index (χ1v) is 5.13. The van der Waals surface area contributed by atoms with Crippen LogP contribution in [0, 0.1) is 0 Å². The predicted octanol–water partition coefficient (Wildman–Crippen LogP) is 2.28. The van der Waals surface area contributed by atoms with Gasteiger partial charge < -0.3 is 4.74 Å². The molecule has 0 aliphatic rings. The predicted molar refractivity (Wildman–Crippen MR) is 51.0 cm³/mol. The van der Waals surface area contributed by atoms with E-state index in [4.69, 9.17) is 0 Å². The number of halogens is 3. The summed E-state index contributed by atoms with van der Waals surface area (Å²) in [4.78, 5) is 21.2.